The van der Waals surface area contributed by atoms with E-state index in [4.69, 9.17) is 4.74 Å². The van der Waals surface area contributed by atoms with E-state index in [1.165, 1.54) is 14.0 Å². The topological polar surface area (TPSA) is 85.2 Å². The molecule has 0 aliphatic heterocycles. The van der Waals surface area contributed by atoms with Gasteiger partial charge in [0, 0.05) is 13.1 Å². The van der Waals surface area contributed by atoms with Gasteiger partial charge in [0.2, 0.25) is 0 Å². The van der Waals surface area contributed by atoms with Crippen LogP contribution >= 0.6 is 0 Å². The fourth-order valence-electron chi connectivity index (χ4n) is 3.49. The van der Waals surface area contributed by atoms with Crippen molar-refractivity contribution in [2.45, 2.75) is 84.0 Å². The first-order valence-electron chi connectivity index (χ1n) is 10.0. The SMILES string of the molecule is CCCCC[C@@H](/C=C/[C@H]1CCC(O)[C@@H]1CC=N[C@@H](C)C(=O)OC)OC(C)=O. The predicted octanol–water partition coefficient (Wildman–Crippen LogP) is 3.46. The van der Waals surface area contributed by atoms with Crippen molar-refractivity contribution < 1.29 is 24.2 Å². The Hall–Kier alpha value is -1.69. The molecule has 5 atom stereocenters. The van der Waals surface area contributed by atoms with Gasteiger partial charge in [0.25, 0.3) is 0 Å². The minimum atomic E-state index is -0.533. The molecule has 0 spiro atoms. The van der Waals surface area contributed by atoms with Crippen LogP contribution < -0.4 is 0 Å². The van der Waals surface area contributed by atoms with Crippen LogP contribution in [-0.2, 0) is 19.1 Å². The van der Waals surface area contributed by atoms with E-state index in [1.807, 2.05) is 6.08 Å². The molecule has 1 rings (SSSR count). The van der Waals surface area contributed by atoms with Crippen LogP contribution in [0.4, 0.5) is 0 Å². The molecule has 0 amide bonds. The minimum Gasteiger partial charge on any atom is -0.467 e. The van der Waals surface area contributed by atoms with E-state index >= 15 is 0 Å². The van der Waals surface area contributed by atoms with E-state index in [0.717, 1.165) is 38.5 Å². The summed E-state index contributed by atoms with van der Waals surface area (Å²) in [7, 11) is 1.34. The number of methoxy groups -OCH3 is 1. The summed E-state index contributed by atoms with van der Waals surface area (Å²) in [6, 6.07) is -0.533. The maximum absolute atomic E-state index is 11.4. The lowest BCUT2D eigenvalue weighted by molar-refractivity contribution is -0.144. The number of unbranched alkanes of at least 4 members (excludes halogenated alkanes) is 2. The Bertz CT molecular complexity index is 517. The number of carbonyl (C=O) groups excluding carboxylic acids is 2. The zero-order chi connectivity index (χ0) is 20.2. The van der Waals surface area contributed by atoms with Crippen molar-refractivity contribution in [2.75, 3.05) is 7.11 Å². The van der Waals surface area contributed by atoms with Gasteiger partial charge >= 0.3 is 11.9 Å². The second kappa shape index (κ2) is 12.7. The number of aliphatic hydroxyl groups excluding tert-OH is 1. The fourth-order valence-corrected chi connectivity index (χ4v) is 3.49. The molecule has 0 radical (unpaired) electrons. The standard InChI is InChI=1S/C21H35NO5/c1-5-6-7-8-18(27-16(3)23)11-9-17-10-12-20(24)19(17)13-14-22-15(2)21(25)26-4/h9,11,14-15,17-20,24H,5-8,10,12-13H2,1-4H3/b11-9+,22-14?/t15-,17-,18-,19+,20?/m0/s1. The zero-order valence-electron chi connectivity index (χ0n) is 17.1. The lowest BCUT2D eigenvalue weighted by Crippen LogP contribution is -2.21. The summed E-state index contributed by atoms with van der Waals surface area (Å²) in [6.45, 7) is 5.26. The van der Waals surface area contributed by atoms with Gasteiger partial charge in [0.15, 0.2) is 0 Å². The van der Waals surface area contributed by atoms with Crippen molar-refractivity contribution in [3.8, 4) is 0 Å². The number of aliphatic hydroxyl groups is 1. The normalized spacial score (nSPS) is 25.0. The molecule has 0 aromatic rings. The molecule has 6 heteroatoms. The molecule has 1 N–H and O–H groups in total. The third-order valence-corrected chi connectivity index (χ3v) is 5.07. The number of hydrogen-bond acceptors (Lipinski definition) is 6. The smallest absolute Gasteiger partial charge is 0.330 e. The highest BCUT2D eigenvalue weighted by Gasteiger charge is 2.32. The van der Waals surface area contributed by atoms with Crippen molar-refractivity contribution in [2.24, 2.45) is 16.8 Å². The second-order valence-electron chi connectivity index (χ2n) is 7.27. The summed E-state index contributed by atoms with van der Waals surface area (Å²) in [5.74, 6) is -0.369. The third kappa shape index (κ3) is 8.69. The molecule has 27 heavy (non-hydrogen) atoms. The maximum Gasteiger partial charge on any atom is 0.330 e. The summed E-state index contributed by atoms with van der Waals surface area (Å²) in [6.07, 6.45) is 11.5. The van der Waals surface area contributed by atoms with Gasteiger partial charge in [-0.15, -0.1) is 0 Å². The van der Waals surface area contributed by atoms with E-state index < -0.39 is 6.04 Å². The Kier molecular flexibility index (Phi) is 10.9. The monoisotopic (exact) mass is 381 g/mol. The summed E-state index contributed by atoms with van der Waals surface area (Å²) in [5.41, 5.74) is 0. The Balaban J connectivity index is 2.65. The number of rotatable bonds is 11. The quantitative estimate of drug-likeness (QED) is 0.256. The molecular formula is C21H35NO5. The van der Waals surface area contributed by atoms with E-state index in [-0.39, 0.29) is 36.0 Å². The number of hydrogen-bond donors (Lipinski definition) is 1. The average molecular weight is 382 g/mol. The summed E-state index contributed by atoms with van der Waals surface area (Å²) in [5, 5.41) is 10.3. The van der Waals surface area contributed by atoms with E-state index in [0.29, 0.717) is 6.42 Å². The molecule has 0 aromatic heterocycles. The van der Waals surface area contributed by atoms with Crippen molar-refractivity contribution in [3.63, 3.8) is 0 Å². The van der Waals surface area contributed by atoms with Gasteiger partial charge in [-0.05, 0) is 56.9 Å². The fraction of sp³-hybridized carbons (Fsp3) is 0.762. The third-order valence-electron chi connectivity index (χ3n) is 5.07. The molecule has 0 aromatic carbocycles. The molecule has 1 unspecified atom stereocenters. The molecule has 1 aliphatic carbocycles. The summed E-state index contributed by atoms with van der Waals surface area (Å²) in [4.78, 5) is 26.9. The van der Waals surface area contributed by atoms with Crippen LogP contribution in [-0.4, -0.2) is 48.6 Å². The van der Waals surface area contributed by atoms with Crippen LogP contribution in [0.25, 0.3) is 0 Å². The molecular weight excluding hydrogens is 346 g/mol. The van der Waals surface area contributed by atoms with Crippen molar-refractivity contribution in [3.05, 3.63) is 12.2 Å². The van der Waals surface area contributed by atoms with Gasteiger partial charge in [-0.2, -0.15) is 0 Å². The van der Waals surface area contributed by atoms with Crippen LogP contribution in [0.2, 0.25) is 0 Å². The van der Waals surface area contributed by atoms with Gasteiger partial charge in [-0.1, -0.05) is 25.8 Å². The largest absolute Gasteiger partial charge is 0.467 e. The summed E-state index contributed by atoms with van der Waals surface area (Å²) < 4.78 is 10.1. The molecule has 1 fully saturated rings. The Labute approximate surface area is 163 Å². The Morgan fingerprint density at radius 3 is 2.67 bits per heavy atom. The van der Waals surface area contributed by atoms with Crippen LogP contribution in [0, 0.1) is 11.8 Å². The van der Waals surface area contributed by atoms with Crippen molar-refractivity contribution >= 4 is 18.2 Å². The number of carbonyl (C=O) groups is 2. The van der Waals surface area contributed by atoms with Crippen LogP contribution in [0.3, 0.4) is 0 Å². The van der Waals surface area contributed by atoms with Gasteiger partial charge in [0.1, 0.15) is 12.1 Å². The van der Waals surface area contributed by atoms with Gasteiger partial charge in [0.05, 0.1) is 13.2 Å². The van der Waals surface area contributed by atoms with Crippen molar-refractivity contribution in [1.82, 2.24) is 0 Å². The van der Waals surface area contributed by atoms with Crippen LogP contribution in [0.1, 0.15) is 65.7 Å². The second-order valence-corrected chi connectivity index (χ2v) is 7.27. The van der Waals surface area contributed by atoms with Gasteiger partial charge < -0.3 is 14.6 Å². The number of nitrogens with zero attached hydrogens (tertiary/aromatic N) is 1. The lowest BCUT2D eigenvalue weighted by atomic mass is 9.91. The molecule has 154 valence electrons. The van der Waals surface area contributed by atoms with E-state index in [2.05, 4.69) is 22.7 Å². The molecule has 6 nitrogen and oxygen atoms in total. The predicted molar refractivity (Wildman–Crippen MR) is 106 cm³/mol. The van der Waals surface area contributed by atoms with Crippen LogP contribution in [0.15, 0.2) is 17.1 Å². The number of aliphatic imine (C=N–C) groups is 1. The Morgan fingerprint density at radius 1 is 1.30 bits per heavy atom. The first kappa shape index (κ1) is 23.3. The molecule has 1 saturated carbocycles. The van der Waals surface area contributed by atoms with Crippen molar-refractivity contribution in [1.29, 1.82) is 0 Å². The number of allylic oxidation sites excluding steroid dienone is 1. The van der Waals surface area contributed by atoms with E-state index in [9.17, 15) is 14.7 Å². The molecule has 0 saturated heterocycles. The average Bonchev–Trinajstić information content (AvgIpc) is 2.98. The number of ether oxygens (including phenoxy) is 2. The highest BCUT2D eigenvalue weighted by Crippen LogP contribution is 2.35. The molecule has 0 bridgehead atoms. The van der Waals surface area contributed by atoms with Gasteiger partial charge in [-0.25, -0.2) is 4.79 Å². The Morgan fingerprint density at radius 2 is 2.04 bits per heavy atom. The molecule has 0 heterocycles. The minimum absolute atomic E-state index is 0.0588. The van der Waals surface area contributed by atoms with Gasteiger partial charge in [-0.3, -0.25) is 9.79 Å². The first-order chi connectivity index (χ1) is 12.9. The highest BCUT2D eigenvalue weighted by molar-refractivity contribution is 5.77. The zero-order valence-corrected chi connectivity index (χ0v) is 17.1. The lowest BCUT2D eigenvalue weighted by Gasteiger charge is -2.19. The van der Waals surface area contributed by atoms with Crippen LogP contribution in [0.5, 0.6) is 0 Å². The van der Waals surface area contributed by atoms with E-state index in [1.54, 1.807) is 13.1 Å². The first-order valence-corrected chi connectivity index (χ1v) is 10.0. The molecule has 1 aliphatic rings. The highest BCUT2D eigenvalue weighted by atomic mass is 16.5. The number of esters is 2. The maximum atomic E-state index is 11.4. The summed E-state index contributed by atoms with van der Waals surface area (Å²) >= 11 is 0.